The SMILES string of the molecule is C#CCOc1cc(C)ccc1Oc1cc(-c2c(Cl)n3n(c2=O)CCCC3)c(F)cc1Cl.Cc1ccc(Oc2cc(-c3c(Cl)n4n(c3=O)CCCC4)c(F)cc2Cl)c(O)c1. The molecule has 0 unspecified atom stereocenters. The van der Waals surface area contributed by atoms with Crippen LogP contribution < -0.4 is 25.3 Å². The molecule has 0 bridgehead atoms. The molecule has 0 atom stereocenters. The third-order valence-electron chi connectivity index (χ3n) is 9.87. The largest absolute Gasteiger partial charge is 0.504 e. The summed E-state index contributed by atoms with van der Waals surface area (Å²) in [4.78, 5) is 25.7. The van der Waals surface area contributed by atoms with Crippen LogP contribution in [0.4, 0.5) is 8.78 Å². The Hall–Kier alpha value is -5.32. The van der Waals surface area contributed by atoms with Crippen molar-refractivity contribution in [1.82, 2.24) is 18.7 Å². The van der Waals surface area contributed by atoms with Crippen molar-refractivity contribution in [3.8, 4) is 69.1 Å². The van der Waals surface area contributed by atoms with Crippen LogP contribution in [0.3, 0.4) is 0 Å². The number of nitrogens with zero attached hydrogens (tertiary/aromatic N) is 4. The van der Waals surface area contributed by atoms with Crippen LogP contribution in [0.5, 0.6) is 34.5 Å². The van der Waals surface area contributed by atoms with Gasteiger partial charge in [0.15, 0.2) is 23.0 Å². The fourth-order valence-electron chi connectivity index (χ4n) is 6.99. The van der Waals surface area contributed by atoms with Gasteiger partial charge in [-0.25, -0.2) is 18.1 Å². The third-order valence-corrected chi connectivity index (χ3v) is 11.2. The Bertz CT molecular complexity index is 2770. The number of phenolic OH excluding ortho intramolecular Hbond substituents is 1. The summed E-state index contributed by atoms with van der Waals surface area (Å²) in [6.45, 7) is 6.07. The molecule has 4 heterocycles. The Morgan fingerprint density at radius 1 is 0.627 bits per heavy atom. The number of aromatic nitrogens is 4. The zero-order chi connectivity index (χ0) is 42.1. The summed E-state index contributed by atoms with van der Waals surface area (Å²) >= 11 is 25.3. The number of aryl methyl sites for hydroxylation is 2. The third kappa shape index (κ3) is 8.43. The van der Waals surface area contributed by atoms with Gasteiger partial charge in [0.2, 0.25) is 0 Å². The second-order valence-electron chi connectivity index (χ2n) is 14.0. The number of hydrogen-bond donors (Lipinski definition) is 1. The zero-order valence-corrected chi connectivity index (χ0v) is 34.8. The number of terminal acetylenes is 1. The molecule has 0 spiro atoms. The molecule has 6 aromatic rings. The highest BCUT2D eigenvalue weighted by atomic mass is 35.5. The summed E-state index contributed by atoms with van der Waals surface area (Å²) in [5, 5.41) is 10.5. The molecule has 306 valence electrons. The molecule has 16 heteroatoms. The molecular formula is C43H36Cl4F2N4O6. The van der Waals surface area contributed by atoms with Crippen LogP contribution in [0.2, 0.25) is 20.4 Å². The monoisotopic (exact) mass is 882 g/mol. The second-order valence-corrected chi connectivity index (χ2v) is 15.5. The van der Waals surface area contributed by atoms with E-state index in [9.17, 15) is 23.5 Å². The van der Waals surface area contributed by atoms with Crippen molar-refractivity contribution in [2.24, 2.45) is 0 Å². The van der Waals surface area contributed by atoms with E-state index in [0.29, 0.717) is 37.7 Å². The maximum absolute atomic E-state index is 14.9. The second kappa shape index (κ2) is 17.5. The van der Waals surface area contributed by atoms with E-state index in [1.54, 1.807) is 44.4 Å². The molecule has 0 amide bonds. The number of fused-ring (bicyclic) bond motifs is 2. The minimum absolute atomic E-state index is 0.00963. The molecule has 0 saturated carbocycles. The topological polar surface area (TPSA) is 102 Å². The van der Waals surface area contributed by atoms with E-state index < -0.39 is 11.6 Å². The van der Waals surface area contributed by atoms with Crippen molar-refractivity contribution in [3.63, 3.8) is 0 Å². The molecule has 0 fully saturated rings. The van der Waals surface area contributed by atoms with Crippen molar-refractivity contribution in [1.29, 1.82) is 0 Å². The van der Waals surface area contributed by atoms with Crippen molar-refractivity contribution in [2.45, 2.75) is 65.7 Å². The predicted molar refractivity (Wildman–Crippen MR) is 225 cm³/mol. The summed E-state index contributed by atoms with van der Waals surface area (Å²) in [6.07, 6.45) is 8.82. The molecule has 2 aliphatic heterocycles. The number of ether oxygens (including phenoxy) is 3. The van der Waals surface area contributed by atoms with E-state index in [4.69, 9.17) is 67.0 Å². The van der Waals surface area contributed by atoms with E-state index in [-0.39, 0.29) is 83.3 Å². The molecular weight excluding hydrogens is 848 g/mol. The molecule has 0 radical (unpaired) electrons. The lowest BCUT2D eigenvalue weighted by Crippen LogP contribution is -2.27. The summed E-state index contributed by atoms with van der Waals surface area (Å²) in [5.41, 5.74) is 1.32. The fourth-order valence-corrected chi connectivity index (χ4v) is 8.08. The Morgan fingerprint density at radius 2 is 1.07 bits per heavy atom. The lowest BCUT2D eigenvalue weighted by atomic mass is 10.1. The van der Waals surface area contributed by atoms with Gasteiger partial charge in [-0.2, -0.15) is 0 Å². The van der Waals surface area contributed by atoms with Crippen LogP contribution >= 0.6 is 46.4 Å². The molecule has 0 aliphatic carbocycles. The van der Waals surface area contributed by atoms with E-state index in [0.717, 1.165) is 48.9 Å². The molecule has 59 heavy (non-hydrogen) atoms. The summed E-state index contributed by atoms with van der Waals surface area (Å²) in [7, 11) is 0. The first kappa shape index (κ1) is 41.8. The molecule has 2 aromatic heterocycles. The molecule has 10 nitrogen and oxygen atoms in total. The average molecular weight is 885 g/mol. The van der Waals surface area contributed by atoms with E-state index >= 15 is 0 Å². The van der Waals surface area contributed by atoms with Gasteiger partial charge in [0.1, 0.15) is 40.0 Å². The minimum Gasteiger partial charge on any atom is -0.504 e. The standard InChI is InChI=1S/C23H19Cl2FN2O3.C20H17Cl2FN2O3/c1-3-10-30-20-11-14(2)6-7-18(20)31-19-12-15(17(26)13-16(19)24)21-22(25)27-8-4-5-9-28(27)23(21)29;1-11-4-5-16(15(26)8-11)28-17-9-12(14(23)10-13(17)21)18-19(22)24-6-2-3-7-25(24)20(18)27/h1,6-7,11-13H,4-5,8-10H2,2H3;4-5,8-10,26H,2-3,6-7H2,1H3. The van der Waals surface area contributed by atoms with Crippen molar-refractivity contribution >= 4 is 46.4 Å². The van der Waals surface area contributed by atoms with Gasteiger partial charge >= 0.3 is 0 Å². The Balaban J connectivity index is 0.000000180. The van der Waals surface area contributed by atoms with Crippen molar-refractivity contribution in [2.75, 3.05) is 6.61 Å². The van der Waals surface area contributed by atoms with Gasteiger partial charge < -0.3 is 19.3 Å². The normalized spacial score (nSPS) is 13.1. The molecule has 2 aliphatic rings. The van der Waals surface area contributed by atoms with E-state index in [2.05, 4.69) is 5.92 Å². The minimum atomic E-state index is -0.673. The summed E-state index contributed by atoms with van der Waals surface area (Å²) in [6, 6.07) is 15.1. The number of benzene rings is 4. The molecule has 8 rings (SSSR count). The van der Waals surface area contributed by atoms with Crippen molar-refractivity contribution < 1.29 is 28.1 Å². The maximum atomic E-state index is 14.9. The van der Waals surface area contributed by atoms with Gasteiger partial charge in [0.25, 0.3) is 11.1 Å². The smallest absolute Gasteiger partial charge is 0.276 e. The maximum Gasteiger partial charge on any atom is 0.276 e. The first-order valence-electron chi connectivity index (χ1n) is 18.6. The van der Waals surface area contributed by atoms with Crippen LogP contribution in [-0.2, 0) is 26.2 Å². The van der Waals surface area contributed by atoms with Crippen LogP contribution in [0.1, 0.15) is 36.8 Å². The first-order chi connectivity index (χ1) is 28.3. The van der Waals surface area contributed by atoms with Crippen LogP contribution in [-0.4, -0.2) is 30.4 Å². The van der Waals surface area contributed by atoms with Crippen LogP contribution in [0, 0.1) is 37.8 Å². The van der Waals surface area contributed by atoms with E-state index in [1.165, 1.54) is 16.8 Å². The fraction of sp³-hybridized carbons (Fsp3) is 0.256. The highest BCUT2D eigenvalue weighted by molar-refractivity contribution is 6.34. The molecule has 4 aromatic carbocycles. The summed E-state index contributed by atoms with van der Waals surface area (Å²) in [5.74, 6) is 2.24. The molecule has 0 saturated heterocycles. The number of hydrogen-bond acceptors (Lipinski definition) is 6. The number of rotatable bonds is 8. The highest BCUT2D eigenvalue weighted by Crippen LogP contribution is 2.42. The van der Waals surface area contributed by atoms with Gasteiger partial charge in [-0.05, 0) is 99.2 Å². The zero-order valence-electron chi connectivity index (χ0n) is 31.8. The quantitative estimate of drug-likeness (QED) is 0.153. The lowest BCUT2D eigenvalue weighted by molar-refractivity contribution is 0.345. The average Bonchev–Trinajstić information content (AvgIpc) is 3.61. The Morgan fingerprint density at radius 3 is 1.53 bits per heavy atom. The lowest BCUT2D eigenvalue weighted by Gasteiger charge is -2.17. The molecule has 1 N–H and O–H groups in total. The number of halogens is 6. The highest BCUT2D eigenvalue weighted by Gasteiger charge is 2.27. The number of phenols is 1. The summed E-state index contributed by atoms with van der Waals surface area (Å²) < 4.78 is 53.2. The van der Waals surface area contributed by atoms with Crippen LogP contribution in [0.25, 0.3) is 22.3 Å². The first-order valence-corrected chi connectivity index (χ1v) is 20.1. The van der Waals surface area contributed by atoms with Gasteiger partial charge in [-0.3, -0.25) is 19.0 Å². The van der Waals surface area contributed by atoms with Gasteiger partial charge in [-0.15, -0.1) is 6.42 Å². The predicted octanol–water partition coefficient (Wildman–Crippen LogP) is 11.0. The van der Waals surface area contributed by atoms with Gasteiger partial charge in [0.05, 0.1) is 21.2 Å². The van der Waals surface area contributed by atoms with Crippen LogP contribution in [0.15, 0.2) is 70.3 Å². The number of aromatic hydroxyl groups is 1. The van der Waals surface area contributed by atoms with Crippen molar-refractivity contribution in [3.05, 3.63) is 124 Å². The van der Waals surface area contributed by atoms with Gasteiger partial charge in [0, 0.05) is 37.3 Å². The van der Waals surface area contributed by atoms with E-state index in [1.807, 2.05) is 19.9 Å². The Labute approximate surface area is 357 Å². The van der Waals surface area contributed by atoms with Gasteiger partial charge in [-0.1, -0.05) is 64.5 Å². The Kier molecular flexibility index (Phi) is 12.4.